The first kappa shape index (κ1) is 23.5. The van der Waals surface area contributed by atoms with Crippen LogP contribution in [0.15, 0.2) is 104 Å². The van der Waals surface area contributed by atoms with Crippen LogP contribution in [0.3, 0.4) is 0 Å². The zero-order valence-electron chi connectivity index (χ0n) is 18.6. The molecule has 0 spiro atoms. The minimum absolute atomic E-state index is 0.0855. The van der Waals surface area contributed by atoms with E-state index < -0.39 is 5.91 Å². The molecule has 7 nitrogen and oxygen atoms in total. The summed E-state index contributed by atoms with van der Waals surface area (Å²) in [6.07, 6.45) is 0. The van der Waals surface area contributed by atoms with Crippen molar-refractivity contribution in [2.75, 3.05) is 10.6 Å². The third kappa shape index (κ3) is 5.37. The van der Waals surface area contributed by atoms with Crippen LogP contribution in [0.1, 0.15) is 21.1 Å². The van der Waals surface area contributed by atoms with Crippen LogP contribution in [-0.2, 0) is 0 Å². The molecule has 0 aliphatic rings. The highest BCUT2D eigenvalue weighted by atomic mass is 79.9. The highest BCUT2D eigenvalue weighted by Gasteiger charge is 2.15. The molecule has 3 aromatic carbocycles. The first-order valence-electron chi connectivity index (χ1n) is 10.8. The van der Waals surface area contributed by atoms with E-state index >= 15 is 0 Å². The number of carbonyl (C=O) groups is 2. The van der Waals surface area contributed by atoms with Gasteiger partial charge in [-0.1, -0.05) is 52.3 Å². The molecule has 0 aliphatic carbocycles. The first-order valence-corrected chi connectivity index (χ1v) is 12.0. The van der Waals surface area contributed by atoms with E-state index in [1.165, 1.54) is 0 Å². The van der Waals surface area contributed by atoms with Crippen molar-refractivity contribution < 1.29 is 18.4 Å². The highest BCUT2D eigenvalue weighted by Crippen LogP contribution is 2.24. The number of thiocarbonyl (C=S) groups is 1. The number of hydrogen-bond donors (Lipinski definition) is 3. The van der Waals surface area contributed by atoms with E-state index in [0.29, 0.717) is 22.7 Å². The van der Waals surface area contributed by atoms with E-state index in [-0.39, 0.29) is 22.5 Å². The number of fused-ring (bicyclic) bond motifs is 1. The maximum atomic E-state index is 12.6. The molecule has 178 valence electrons. The van der Waals surface area contributed by atoms with Gasteiger partial charge in [-0.2, -0.15) is 0 Å². The SMILES string of the molecule is O=C(NC(=S)Nc1cccc(NC(=O)c2cc3ccccc3o2)c1)c1ccc(-c2ccc(Br)cc2)o1. The van der Waals surface area contributed by atoms with Gasteiger partial charge < -0.3 is 19.5 Å². The summed E-state index contributed by atoms with van der Waals surface area (Å²) in [5.74, 6) is 0.0467. The van der Waals surface area contributed by atoms with Gasteiger partial charge in [0.2, 0.25) is 0 Å². The third-order valence-electron chi connectivity index (χ3n) is 5.21. The lowest BCUT2D eigenvalue weighted by atomic mass is 10.2. The van der Waals surface area contributed by atoms with E-state index in [4.69, 9.17) is 21.1 Å². The Morgan fingerprint density at radius 1 is 0.722 bits per heavy atom. The van der Waals surface area contributed by atoms with E-state index in [2.05, 4.69) is 31.9 Å². The zero-order chi connectivity index (χ0) is 25.1. The van der Waals surface area contributed by atoms with Crippen molar-refractivity contribution >= 4 is 67.4 Å². The van der Waals surface area contributed by atoms with Gasteiger partial charge in [0.1, 0.15) is 11.3 Å². The maximum absolute atomic E-state index is 12.6. The molecule has 0 bridgehead atoms. The number of amides is 2. The topological polar surface area (TPSA) is 96.5 Å². The Hall–Kier alpha value is -4.21. The van der Waals surface area contributed by atoms with Crippen molar-refractivity contribution in [2.45, 2.75) is 0 Å². The van der Waals surface area contributed by atoms with E-state index in [0.717, 1.165) is 15.4 Å². The number of carbonyl (C=O) groups excluding carboxylic acids is 2. The molecule has 0 aliphatic heterocycles. The van der Waals surface area contributed by atoms with Crippen LogP contribution in [0.5, 0.6) is 0 Å². The van der Waals surface area contributed by atoms with Crippen LogP contribution in [0, 0.1) is 0 Å². The van der Waals surface area contributed by atoms with Gasteiger partial charge in [-0.05, 0) is 66.8 Å². The number of anilines is 2. The van der Waals surface area contributed by atoms with Crippen molar-refractivity contribution in [2.24, 2.45) is 0 Å². The van der Waals surface area contributed by atoms with Gasteiger partial charge in [-0.3, -0.25) is 14.9 Å². The van der Waals surface area contributed by atoms with E-state index in [9.17, 15) is 9.59 Å². The Labute approximate surface area is 219 Å². The van der Waals surface area contributed by atoms with Crippen LogP contribution >= 0.6 is 28.1 Å². The Balaban J connectivity index is 1.20. The summed E-state index contributed by atoms with van der Waals surface area (Å²) < 4.78 is 12.2. The number of benzene rings is 3. The molecule has 0 saturated carbocycles. The average molecular weight is 560 g/mol. The van der Waals surface area contributed by atoms with Crippen LogP contribution in [0.2, 0.25) is 0 Å². The second-order valence-electron chi connectivity index (χ2n) is 7.76. The molecule has 2 heterocycles. The second kappa shape index (κ2) is 10.2. The van der Waals surface area contributed by atoms with Gasteiger partial charge in [0, 0.05) is 26.8 Å². The van der Waals surface area contributed by atoms with E-state index in [1.807, 2.05) is 42.5 Å². The molecule has 3 N–H and O–H groups in total. The number of halogens is 1. The van der Waals surface area contributed by atoms with Crippen LogP contribution in [-0.4, -0.2) is 16.9 Å². The molecule has 36 heavy (non-hydrogen) atoms. The Kier molecular flexibility index (Phi) is 6.66. The lowest BCUT2D eigenvalue weighted by molar-refractivity contribution is 0.0950. The predicted octanol–water partition coefficient (Wildman–Crippen LogP) is 6.83. The molecule has 0 saturated heterocycles. The van der Waals surface area contributed by atoms with Crippen LogP contribution in [0.25, 0.3) is 22.3 Å². The quantitative estimate of drug-likeness (QED) is 0.204. The van der Waals surface area contributed by atoms with Gasteiger partial charge >= 0.3 is 0 Å². The monoisotopic (exact) mass is 559 g/mol. The molecule has 0 fully saturated rings. The highest BCUT2D eigenvalue weighted by molar-refractivity contribution is 9.10. The summed E-state index contributed by atoms with van der Waals surface area (Å²) in [4.78, 5) is 25.2. The van der Waals surface area contributed by atoms with Gasteiger partial charge in [0.25, 0.3) is 11.8 Å². The zero-order valence-corrected chi connectivity index (χ0v) is 21.0. The maximum Gasteiger partial charge on any atom is 0.293 e. The number of rotatable bonds is 5. The van der Waals surface area contributed by atoms with Crippen molar-refractivity contribution in [3.63, 3.8) is 0 Å². The lowest BCUT2D eigenvalue weighted by Crippen LogP contribution is -2.33. The average Bonchev–Trinajstić information content (AvgIpc) is 3.52. The standard InChI is InChI=1S/C27H18BrN3O4S/c28-18-10-8-16(9-11-18)22-12-13-23(34-22)25(32)31-27(36)30-20-6-3-5-19(15-20)29-26(33)24-14-17-4-1-2-7-21(17)35-24/h1-15H,(H,29,33)(H2,30,31,32,36). The van der Waals surface area contributed by atoms with Crippen molar-refractivity contribution in [3.05, 3.63) is 107 Å². The van der Waals surface area contributed by atoms with Crippen LogP contribution in [0.4, 0.5) is 11.4 Å². The molecule has 9 heteroatoms. The van der Waals surface area contributed by atoms with Gasteiger partial charge in [-0.25, -0.2) is 0 Å². The smallest absolute Gasteiger partial charge is 0.293 e. The first-order chi connectivity index (χ1) is 17.4. The number of hydrogen-bond acceptors (Lipinski definition) is 5. The number of nitrogens with one attached hydrogen (secondary N) is 3. The lowest BCUT2D eigenvalue weighted by Gasteiger charge is -2.10. The largest absolute Gasteiger partial charge is 0.451 e. The molecule has 5 aromatic rings. The van der Waals surface area contributed by atoms with Crippen molar-refractivity contribution in [3.8, 4) is 11.3 Å². The van der Waals surface area contributed by atoms with E-state index in [1.54, 1.807) is 48.5 Å². The molecule has 2 amide bonds. The Morgan fingerprint density at radius 3 is 2.25 bits per heavy atom. The minimum Gasteiger partial charge on any atom is -0.451 e. The summed E-state index contributed by atoms with van der Waals surface area (Å²) in [6.45, 7) is 0. The van der Waals surface area contributed by atoms with Gasteiger partial charge in [-0.15, -0.1) is 0 Å². The molecular formula is C27H18BrN3O4S. The summed E-state index contributed by atoms with van der Waals surface area (Å²) in [5.41, 5.74) is 2.60. The van der Waals surface area contributed by atoms with Crippen LogP contribution < -0.4 is 16.0 Å². The van der Waals surface area contributed by atoms with Crippen molar-refractivity contribution in [1.29, 1.82) is 0 Å². The normalized spacial score (nSPS) is 10.7. The Bertz CT molecular complexity index is 1560. The molecule has 5 rings (SSSR count). The van der Waals surface area contributed by atoms with Gasteiger partial charge in [0.05, 0.1) is 0 Å². The summed E-state index contributed by atoms with van der Waals surface area (Å²) in [7, 11) is 0. The number of furan rings is 2. The molecule has 0 atom stereocenters. The fourth-order valence-corrected chi connectivity index (χ4v) is 3.99. The molecule has 0 radical (unpaired) electrons. The molecular weight excluding hydrogens is 542 g/mol. The summed E-state index contributed by atoms with van der Waals surface area (Å²) in [5, 5.41) is 9.27. The molecule has 0 unspecified atom stereocenters. The fourth-order valence-electron chi connectivity index (χ4n) is 3.52. The van der Waals surface area contributed by atoms with Gasteiger partial charge in [0.15, 0.2) is 16.6 Å². The molecule has 2 aromatic heterocycles. The van der Waals surface area contributed by atoms with Crippen molar-refractivity contribution in [1.82, 2.24) is 5.32 Å². The minimum atomic E-state index is -0.481. The fraction of sp³-hybridized carbons (Fsp3) is 0. The third-order valence-corrected chi connectivity index (χ3v) is 5.95. The summed E-state index contributed by atoms with van der Waals surface area (Å²) >= 11 is 8.67. The Morgan fingerprint density at radius 2 is 1.47 bits per heavy atom. The summed E-state index contributed by atoms with van der Waals surface area (Å²) in [6, 6.07) is 26.9. The predicted molar refractivity (Wildman–Crippen MR) is 146 cm³/mol. The number of para-hydroxylation sites is 1. The second-order valence-corrected chi connectivity index (χ2v) is 9.09.